The highest BCUT2D eigenvalue weighted by Gasteiger charge is 2.13. The quantitative estimate of drug-likeness (QED) is 0.702. The van der Waals surface area contributed by atoms with Gasteiger partial charge in [-0.1, -0.05) is 0 Å². The molecule has 0 unspecified atom stereocenters. The molecule has 0 aliphatic rings. The van der Waals surface area contributed by atoms with Crippen molar-refractivity contribution in [2.75, 3.05) is 30.4 Å². The van der Waals surface area contributed by atoms with Crippen molar-refractivity contribution in [1.29, 1.82) is 5.26 Å². The maximum absolute atomic E-state index is 12.2. The molecule has 1 aromatic carbocycles. The zero-order valence-corrected chi connectivity index (χ0v) is 15.2. The molecule has 0 saturated heterocycles. The number of primary amides is 1. The maximum atomic E-state index is 12.2. The number of nitriles is 1. The van der Waals surface area contributed by atoms with Gasteiger partial charge in [-0.15, -0.1) is 11.3 Å². The predicted molar refractivity (Wildman–Crippen MR) is 101 cm³/mol. The lowest BCUT2D eigenvalue weighted by Gasteiger charge is -2.24. The number of carbonyl (C=O) groups excluding carboxylic acids is 2. The molecule has 0 radical (unpaired) electrons. The Kier molecular flexibility index (Phi) is 7.00. The van der Waals surface area contributed by atoms with Gasteiger partial charge >= 0.3 is 0 Å². The molecule has 1 heterocycles. The van der Waals surface area contributed by atoms with E-state index < -0.39 is 5.91 Å². The summed E-state index contributed by atoms with van der Waals surface area (Å²) >= 11 is 1.31. The van der Waals surface area contributed by atoms with Crippen molar-refractivity contribution in [3.8, 4) is 11.8 Å². The molecule has 0 saturated carbocycles. The molecule has 0 spiro atoms. The summed E-state index contributed by atoms with van der Waals surface area (Å²) < 4.78 is 5.14. The van der Waals surface area contributed by atoms with Crippen molar-refractivity contribution in [3.63, 3.8) is 0 Å². The second-order valence-corrected chi connectivity index (χ2v) is 6.39. The molecule has 0 fully saturated rings. The van der Waals surface area contributed by atoms with Crippen molar-refractivity contribution < 1.29 is 14.3 Å². The number of benzene rings is 1. The van der Waals surface area contributed by atoms with Crippen molar-refractivity contribution in [3.05, 3.63) is 41.3 Å². The van der Waals surface area contributed by atoms with Crippen molar-refractivity contribution in [2.45, 2.75) is 12.8 Å². The van der Waals surface area contributed by atoms with Gasteiger partial charge in [0, 0.05) is 31.6 Å². The highest BCUT2D eigenvalue weighted by atomic mass is 32.1. The van der Waals surface area contributed by atoms with E-state index in [2.05, 4.69) is 5.32 Å². The molecule has 2 rings (SSSR count). The molecular weight excluding hydrogens is 352 g/mol. The molecule has 0 atom stereocenters. The van der Waals surface area contributed by atoms with Crippen molar-refractivity contribution >= 4 is 33.8 Å². The third kappa shape index (κ3) is 5.50. The molecule has 2 amide bonds. The van der Waals surface area contributed by atoms with Gasteiger partial charge in [0.05, 0.1) is 12.7 Å². The fourth-order valence-electron chi connectivity index (χ4n) is 2.33. The van der Waals surface area contributed by atoms with Crippen LogP contribution in [0.3, 0.4) is 0 Å². The van der Waals surface area contributed by atoms with E-state index in [4.69, 9.17) is 15.7 Å². The molecule has 7 nitrogen and oxygen atoms in total. The van der Waals surface area contributed by atoms with Crippen LogP contribution in [0.15, 0.2) is 35.7 Å². The minimum atomic E-state index is -0.398. The number of anilines is 2. The van der Waals surface area contributed by atoms with Crippen LogP contribution < -0.4 is 20.7 Å². The first kappa shape index (κ1) is 19.3. The fourth-order valence-corrected chi connectivity index (χ4v) is 3.08. The van der Waals surface area contributed by atoms with Crippen LogP contribution in [-0.4, -0.2) is 32.0 Å². The summed E-state index contributed by atoms with van der Waals surface area (Å²) in [5, 5.41) is 14.0. The van der Waals surface area contributed by atoms with Crippen molar-refractivity contribution in [2.24, 2.45) is 5.73 Å². The zero-order chi connectivity index (χ0) is 18.9. The smallest absolute Gasteiger partial charge is 0.226 e. The predicted octanol–water partition coefficient (Wildman–Crippen LogP) is 2.34. The highest BCUT2D eigenvalue weighted by molar-refractivity contribution is 7.14. The minimum Gasteiger partial charge on any atom is -0.497 e. The number of ether oxygens (including phenoxy) is 1. The third-order valence-electron chi connectivity index (χ3n) is 3.71. The Balaban J connectivity index is 2.00. The zero-order valence-electron chi connectivity index (χ0n) is 14.4. The number of nitrogens with one attached hydrogen (secondary N) is 1. The summed E-state index contributed by atoms with van der Waals surface area (Å²) in [7, 11) is 1.59. The summed E-state index contributed by atoms with van der Waals surface area (Å²) in [4.78, 5) is 25.2. The molecule has 8 heteroatoms. The summed E-state index contributed by atoms with van der Waals surface area (Å²) in [5.41, 5.74) is 6.57. The van der Waals surface area contributed by atoms with Crippen LogP contribution in [-0.2, 0) is 9.59 Å². The SMILES string of the molecule is COc1ccc(N(CCC(N)=O)CCC(=O)Nc2sccc2C#N)cc1. The van der Waals surface area contributed by atoms with E-state index in [-0.39, 0.29) is 18.7 Å². The van der Waals surface area contributed by atoms with Crippen LogP contribution in [0, 0.1) is 11.3 Å². The standard InChI is InChI=1S/C18H20N4O3S/c1-25-15-4-2-14(3-5-15)22(9-6-16(20)23)10-7-17(24)21-18-13(12-19)8-11-26-18/h2-5,8,11H,6-7,9-10H2,1H3,(H2,20,23)(H,21,24). The van der Waals surface area contributed by atoms with E-state index in [1.54, 1.807) is 18.6 Å². The summed E-state index contributed by atoms with van der Waals surface area (Å²) in [6, 6.07) is 11.1. The molecule has 136 valence electrons. The summed E-state index contributed by atoms with van der Waals surface area (Å²) in [6.45, 7) is 0.829. The Morgan fingerprint density at radius 3 is 2.54 bits per heavy atom. The number of thiophene rings is 1. The number of methoxy groups -OCH3 is 1. The number of rotatable bonds is 9. The summed E-state index contributed by atoms with van der Waals surface area (Å²) in [6.07, 6.45) is 0.407. The topological polar surface area (TPSA) is 108 Å². The second-order valence-electron chi connectivity index (χ2n) is 5.47. The van der Waals surface area contributed by atoms with E-state index in [0.717, 1.165) is 11.4 Å². The Morgan fingerprint density at radius 1 is 1.23 bits per heavy atom. The molecule has 0 aliphatic carbocycles. The molecule has 0 aliphatic heterocycles. The van der Waals surface area contributed by atoms with E-state index >= 15 is 0 Å². The molecular formula is C18H20N4O3S. The van der Waals surface area contributed by atoms with Crippen LogP contribution in [0.25, 0.3) is 0 Å². The number of hydrogen-bond donors (Lipinski definition) is 2. The number of nitrogens with two attached hydrogens (primary N) is 1. The van der Waals surface area contributed by atoms with E-state index in [9.17, 15) is 9.59 Å². The van der Waals surface area contributed by atoms with Gasteiger partial charge in [0.15, 0.2) is 0 Å². The lowest BCUT2D eigenvalue weighted by atomic mass is 10.2. The summed E-state index contributed by atoms with van der Waals surface area (Å²) in [5.74, 6) is 0.134. The average molecular weight is 372 g/mol. The van der Waals surface area contributed by atoms with Crippen LogP contribution >= 0.6 is 11.3 Å². The highest BCUT2D eigenvalue weighted by Crippen LogP contribution is 2.23. The Bertz CT molecular complexity index is 796. The third-order valence-corrected chi connectivity index (χ3v) is 4.54. The molecule has 3 N–H and O–H groups in total. The van der Waals surface area contributed by atoms with E-state index in [1.807, 2.05) is 35.2 Å². The molecule has 1 aromatic heterocycles. The van der Waals surface area contributed by atoms with Gasteiger partial charge in [0.1, 0.15) is 16.8 Å². The average Bonchev–Trinajstić information content (AvgIpc) is 3.08. The number of hydrogen-bond acceptors (Lipinski definition) is 6. The number of amides is 2. The fraction of sp³-hybridized carbons (Fsp3) is 0.278. The van der Waals surface area contributed by atoms with Gasteiger partial charge in [0.2, 0.25) is 11.8 Å². The Labute approximate surface area is 156 Å². The molecule has 26 heavy (non-hydrogen) atoms. The number of nitrogens with zero attached hydrogens (tertiary/aromatic N) is 2. The lowest BCUT2D eigenvalue weighted by molar-refractivity contribution is -0.117. The Morgan fingerprint density at radius 2 is 1.92 bits per heavy atom. The van der Waals surface area contributed by atoms with E-state index in [0.29, 0.717) is 23.7 Å². The van der Waals surface area contributed by atoms with E-state index in [1.165, 1.54) is 11.3 Å². The first-order valence-corrected chi connectivity index (χ1v) is 8.86. The maximum Gasteiger partial charge on any atom is 0.226 e. The first-order valence-electron chi connectivity index (χ1n) is 7.98. The van der Waals surface area contributed by atoms with Crippen LogP contribution in [0.4, 0.5) is 10.7 Å². The van der Waals surface area contributed by atoms with Gasteiger partial charge in [-0.25, -0.2) is 0 Å². The van der Waals surface area contributed by atoms with Gasteiger partial charge < -0.3 is 20.7 Å². The van der Waals surface area contributed by atoms with Crippen LogP contribution in [0.2, 0.25) is 0 Å². The van der Waals surface area contributed by atoms with Gasteiger partial charge in [-0.2, -0.15) is 5.26 Å². The van der Waals surface area contributed by atoms with Crippen LogP contribution in [0.1, 0.15) is 18.4 Å². The largest absolute Gasteiger partial charge is 0.497 e. The normalized spacial score (nSPS) is 10.0. The van der Waals surface area contributed by atoms with Gasteiger partial charge in [-0.3, -0.25) is 9.59 Å². The molecule has 2 aromatic rings. The first-order chi connectivity index (χ1) is 12.5. The van der Waals surface area contributed by atoms with Gasteiger partial charge in [-0.05, 0) is 35.7 Å². The van der Waals surface area contributed by atoms with Crippen molar-refractivity contribution in [1.82, 2.24) is 0 Å². The molecule has 0 bridgehead atoms. The lowest BCUT2D eigenvalue weighted by Crippen LogP contribution is -2.31. The van der Waals surface area contributed by atoms with Gasteiger partial charge in [0.25, 0.3) is 0 Å². The minimum absolute atomic E-state index is 0.192. The second kappa shape index (κ2) is 9.44. The number of carbonyl (C=O) groups is 2. The van der Waals surface area contributed by atoms with Crippen LogP contribution in [0.5, 0.6) is 5.75 Å². The monoisotopic (exact) mass is 372 g/mol. The Hall–Kier alpha value is -3.05.